The Bertz CT molecular complexity index is 1070. The van der Waals surface area contributed by atoms with Gasteiger partial charge in [0.1, 0.15) is 10.6 Å². The molecule has 0 bridgehead atoms. The first kappa shape index (κ1) is 20.9. The van der Waals surface area contributed by atoms with E-state index in [4.69, 9.17) is 11.6 Å². The number of nitro groups is 2. The maximum absolute atomic E-state index is 11.3. The number of nitro benzene ring substituents is 2. The van der Waals surface area contributed by atoms with Gasteiger partial charge in [0.25, 0.3) is 5.69 Å². The van der Waals surface area contributed by atoms with Gasteiger partial charge in [-0.2, -0.15) is 5.10 Å². The monoisotopic (exact) mass is 424 g/mol. The van der Waals surface area contributed by atoms with Gasteiger partial charge in [0.2, 0.25) is 0 Å². The summed E-state index contributed by atoms with van der Waals surface area (Å²) < 4.78 is 0. The summed E-state index contributed by atoms with van der Waals surface area (Å²) >= 11 is 7.08. The third-order valence-corrected chi connectivity index (χ3v) is 5.28. The van der Waals surface area contributed by atoms with Crippen LogP contribution >= 0.6 is 11.6 Å². The van der Waals surface area contributed by atoms with Crippen LogP contribution < -0.4 is 5.43 Å². The van der Waals surface area contributed by atoms with Gasteiger partial charge >= 0.3 is 5.69 Å². The van der Waals surface area contributed by atoms with E-state index in [0.717, 1.165) is 17.2 Å². The molecule has 3 rings (SSSR count). The van der Waals surface area contributed by atoms with Gasteiger partial charge < -0.3 is 0 Å². The second-order valence-electron chi connectivity index (χ2n) is 6.42. The number of hydrogen-bond donors (Lipinski definition) is 1. The molecule has 9 heteroatoms. The van der Waals surface area contributed by atoms with Crippen LogP contribution in [0.3, 0.4) is 0 Å². The number of halogens is 1. The second kappa shape index (κ2) is 8.71. The number of nitrogens with zero attached hydrogens (tertiary/aromatic N) is 3. The van der Waals surface area contributed by atoms with E-state index < -0.39 is 20.4 Å². The number of hydrogen-bond acceptors (Lipinski definition) is 6. The Morgan fingerprint density at radius 3 is 1.90 bits per heavy atom. The number of anilines is 1. The van der Waals surface area contributed by atoms with Gasteiger partial charge in [-0.15, -0.1) is 11.6 Å². The van der Waals surface area contributed by atoms with Crippen molar-refractivity contribution in [3.8, 4) is 0 Å². The van der Waals surface area contributed by atoms with Crippen LogP contribution in [0.1, 0.15) is 18.1 Å². The number of non-ortho nitro benzene ring substituents is 1. The highest BCUT2D eigenvalue weighted by atomic mass is 35.5. The zero-order valence-corrected chi connectivity index (χ0v) is 16.6. The topological polar surface area (TPSA) is 111 Å². The summed E-state index contributed by atoms with van der Waals surface area (Å²) in [7, 11) is 0. The minimum atomic E-state index is -1.12. The number of hydrazone groups is 1. The van der Waals surface area contributed by atoms with Crippen molar-refractivity contribution < 1.29 is 9.85 Å². The van der Waals surface area contributed by atoms with Gasteiger partial charge in [0, 0.05) is 6.07 Å². The SMILES string of the molecule is C/C(=N\Nc1ccc([N+](=O)[O-])cc1[N+](=O)[O-])C(Cl)(c1ccccc1)c1ccccc1. The van der Waals surface area contributed by atoms with Crippen molar-refractivity contribution in [1.29, 1.82) is 0 Å². The van der Waals surface area contributed by atoms with Crippen molar-refractivity contribution in [2.45, 2.75) is 11.8 Å². The molecule has 152 valence electrons. The van der Waals surface area contributed by atoms with E-state index in [1.807, 2.05) is 60.7 Å². The van der Waals surface area contributed by atoms with Gasteiger partial charge in [-0.1, -0.05) is 60.7 Å². The molecule has 0 saturated heterocycles. The van der Waals surface area contributed by atoms with Gasteiger partial charge in [-0.25, -0.2) is 0 Å². The van der Waals surface area contributed by atoms with E-state index in [1.54, 1.807) is 6.92 Å². The largest absolute Gasteiger partial charge is 0.301 e. The molecule has 0 heterocycles. The molecule has 30 heavy (non-hydrogen) atoms. The maximum Gasteiger partial charge on any atom is 0.301 e. The van der Waals surface area contributed by atoms with Crippen molar-refractivity contribution in [2.75, 3.05) is 5.43 Å². The normalized spacial score (nSPS) is 11.7. The molecule has 0 amide bonds. The Balaban J connectivity index is 2.04. The van der Waals surface area contributed by atoms with E-state index in [9.17, 15) is 20.2 Å². The van der Waals surface area contributed by atoms with Crippen LogP contribution in [0, 0.1) is 20.2 Å². The molecule has 8 nitrogen and oxygen atoms in total. The predicted octanol–water partition coefficient (Wildman–Crippen LogP) is 5.47. The van der Waals surface area contributed by atoms with Gasteiger partial charge in [0.15, 0.2) is 0 Å². The second-order valence-corrected chi connectivity index (χ2v) is 6.98. The molecule has 0 aromatic heterocycles. The summed E-state index contributed by atoms with van der Waals surface area (Å²) in [4.78, 5) is 19.7. The molecule has 0 aliphatic rings. The number of benzene rings is 3. The van der Waals surface area contributed by atoms with Crippen LogP contribution in [-0.2, 0) is 4.87 Å². The van der Waals surface area contributed by atoms with E-state index in [1.165, 1.54) is 12.1 Å². The summed E-state index contributed by atoms with van der Waals surface area (Å²) in [5, 5.41) is 26.6. The third kappa shape index (κ3) is 4.13. The number of nitrogens with one attached hydrogen (secondary N) is 1. The Morgan fingerprint density at radius 2 is 1.43 bits per heavy atom. The Labute approximate surface area is 177 Å². The molecule has 0 radical (unpaired) electrons. The van der Waals surface area contributed by atoms with Crippen LogP contribution in [0.25, 0.3) is 0 Å². The van der Waals surface area contributed by atoms with E-state index >= 15 is 0 Å². The van der Waals surface area contributed by atoms with Gasteiger partial charge in [-0.05, 0) is 24.1 Å². The minimum Gasteiger partial charge on any atom is -0.272 e. The molecule has 0 aliphatic carbocycles. The average Bonchev–Trinajstić information content (AvgIpc) is 2.77. The Kier molecular flexibility index (Phi) is 6.08. The zero-order chi connectivity index (χ0) is 21.7. The third-order valence-electron chi connectivity index (χ3n) is 4.57. The van der Waals surface area contributed by atoms with Crippen LogP contribution in [0.15, 0.2) is 84.0 Å². The summed E-state index contributed by atoms with van der Waals surface area (Å²) in [6, 6.07) is 21.9. The molecule has 3 aromatic rings. The van der Waals surface area contributed by atoms with E-state index in [2.05, 4.69) is 10.5 Å². The fourth-order valence-corrected chi connectivity index (χ4v) is 3.31. The molecular formula is C21H17ClN4O4. The molecule has 0 saturated carbocycles. The average molecular weight is 425 g/mol. The lowest BCUT2D eigenvalue weighted by atomic mass is 9.87. The first-order chi connectivity index (χ1) is 14.3. The fourth-order valence-electron chi connectivity index (χ4n) is 3.02. The van der Waals surface area contributed by atoms with Crippen LogP contribution in [0.2, 0.25) is 0 Å². The summed E-state index contributed by atoms with van der Waals surface area (Å²) in [6.45, 7) is 1.71. The van der Waals surface area contributed by atoms with Crippen molar-refractivity contribution in [3.63, 3.8) is 0 Å². The Hall–Kier alpha value is -3.78. The predicted molar refractivity (Wildman–Crippen MR) is 116 cm³/mol. The number of rotatable bonds is 7. The lowest BCUT2D eigenvalue weighted by Crippen LogP contribution is -2.30. The van der Waals surface area contributed by atoms with Crippen molar-refractivity contribution in [3.05, 3.63) is 110 Å². The molecule has 0 fully saturated rings. The lowest BCUT2D eigenvalue weighted by molar-refractivity contribution is -0.393. The molecular weight excluding hydrogens is 408 g/mol. The first-order valence-electron chi connectivity index (χ1n) is 8.87. The van der Waals surface area contributed by atoms with Crippen LogP contribution in [0.5, 0.6) is 0 Å². The highest BCUT2D eigenvalue weighted by molar-refractivity contribution is 6.38. The quantitative estimate of drug-likeness (QED) is 0.234. The molecule has 1 N–H and O–H groups in total. The van der Waals surface area contributed by atoms with Crippen molar-refractivity contribution in [2.24, 2.45) is 5.10 Å². The van der Waals surface area contributed by atoms with E-state index in [-0.39, 0.29) is 11.4 Å². The lowest BCUT2D eigenvalue weighted by Gasteiger charge is -2.28. The fraction of sp³-hybridized carbons (Fsp3) is 0.0952. The molecule has 0 unspecified atom stereocenters. The molecule has 0 spiro atoms. The van der Waals surface area contributed by atoms with Crippen LogP contribution in [0.4, 0.5) is 17.1 Å². The first-order valence-corrected chi connectivity index (χ1v) is 9.25. The molecule has 3 aromatic carbocycles. The standard InChI is InChI=1S/C21H17ClN4O4/c1-15(23-24-19-13-12-18(25(27)28)14-20(19)26(29)30)21(22,16-8-4-2-5-9-16)17-10-6-3-7-11-17/h2-14,24H,1H3/b23-15+. The Morgan fingerprint density at radius 1 is 0.900 bits per heavy atom. The summed E-state index contributed by atoms with van der Waals surface area (Å²) in [5.74, 6) is 0. The van der Waals surface area contributed by atoms with Gasteiger partial charge in [0.05, 0.1) is 21.6 Å². The van der Waals surface area contributed by atoms with Crippen molar-refractivity contribution in [1.82, 2.24) is 0 Å². The summed E-state index contributed by atoms with van der Waals surface area (Å²) in [6.07, 6.45) is 0. The van der Waals surface area contributed by atoms with Crippen LogP contribution in [-0.4, -0.2) is 15.6 Å². The van der Waals surface area contributed by atoms with E-state index in [0.29, 0.717) is 5.71 Å². The molecule has 0 atom stereocenters. The highest BCUT2D eigenvalue weighted by Gasteiger charge is 2.35. The zero-order valence-electron chi connectivity index (χ0n) is 15.9. The number of alkyl halides is 1. The molecule has 0 aliphatic heterocycles. The van der Waals surface area contributed by atoms with Gasteiger partial charge in [-0.3, -0.25) is 25.7 Å². The maximum atomic E-state index is 11.3. The highest BCUT2D eigenvalue weighted by Crippen LogP contribution is 2.38. The smallest absolute Gasteiger partial charge is 0.272 e. The minimum absolute atomic E-state index is 0.0186. The summed E-state index contributed by atoms with van der Waals surface area (Å²) in [5.41, 5.74) is 3.82. The van der Waals surface area contributed by atoms with Crippen molar-refractivity contribution >= 4 is 34.4 Å².